The number of hydrogen-bond acceptors (Lipinski definition) is 4. The highest BCUT2D eigenvalue weighted by atomic mass is 127. The van der Waals surface area contributed by atoms with E-state index in [4.69, 9.17) is 0 Å². The molecule has 0 unspecified atom stereocenters. The summed E-state index contributed by atoms with van der Waals surface area (Å²) in [7, 11) is 4.05. The van der Waals surface area contributed by atoms with Crippen LogP contribution in [0.4, 0.5) is 15.8 Å². The van der Waals surface area contributed by atoms with Gasteiger partial charge >= 0.3 is 0 Å². The summed E-state index contributed by atoms with van der Waals surface area (Å²) in [5.41, 5.74) is 0.173. The first-order chi connectivity index (χ1) is 9.85. The SMILES string of the molecule is CN(C)C1(CNc2cc(F)c(I)cc2[N+](=O)[O-])CCCC1. The second kappa shape index (κ2) is 6.43. The number of benzene rings is 1. The fourth-order valence-electron chi connectivity index (χ4n) is 2.90. The van der Waals surface area contributed by atoms with Crippen molar-refractivity contribution in [1.82, 2.24) is 4.90 Å². The molecule has 7 heteroatoms. The van der Waals surface area contributed by atoms with Crippen LogP contribution in [0, 0.1) is 19.5 Å². The smallest absolute Gasteiger partial charge is 0.293 e. The summed E-state index contributed by atoms with van der Waals surface area (Å²) in [6.45, 7) is 0.584. The van der Waals surface area contributed by atoms with Crippen LogP contribution in [-0.2, 0) is 0 Å². The lowest BCUT2D eigenvalue weighted by Gasteiger charge is -2.36. The summed E-state index contributed by atoms with van der Waals surface area (Å²) in [5.74, 6) is -0.436. The van der Waals surface area contributed by atoms with Gasteiger partial charge in [0, 0.05) is 24.2 Å². The Labute approximate surface area is 137 Å². The first-order valence-electron chi connectivity index (χ1n) is 6.90. The normalized spacial score (nSPS) is 17.2. The Morgan fingerprint density at radius 1 is 1.43 bits per heavy atom. The zero-order valence-corrected chi connectivity index (χ0v) is 14.3. The zero-order valence-electron chi connectivity index (χ0n) is 12.2. The van der Waals surface area contributed by atoms with Gasteiger partial charge < -0.3 is 10.2 Å². The van der Waals surface area contributed by atoms with Gasteiger partial charge in [0.2, 0.25) is 0 Å². The van der Waals surface area contributed by atoms with Crippen LogP contribution in [-0.4, -0.2) is 36.0 Å². The average molecular weight is 407 g/mol. The highest BCUT2D eigenvalue weighted by Crippen LogP contribution is 2.35. The van der Waals surface area contributed by atoms with Crippen molar-refractivity contribution in [2.45, 2.75) is 31.2 Å². The minimum atomic E-state index is -0.471. The Hall–Kier alpha value is -0.960. The van der Waals surface area contributed by atoms with E-state index in [-0.39, 0.29) is 20.5 Å². The Balaban J connectivity index is 2.23. The number of nitrogens with zero attached hydrogens (tertiary/aromatic N) is 2. The number of nitrogens with one attached hydrogen (secondary N) is 1. The third-order valence-electron chi connectivity index (χ3n) is 4.33. The van der Waals surface area contributed by atoms with Gasteiger partial charge in [-0.1, -0.05) is 12.8 Å². The minimum absolute atomic E-state index is 0.00661. The molecule has 0 atom stereocenters. The number of hydrogen-bond donors (Lipinski definition) is 1. The van der Waals surface area contributed by atoms with Gasteiger partial charge in [0.05, 0.1) is 8.49 Å². The van der Waals surface area contributed by atoms with Crippen LogP contribution in [0.25, 0.3) is 0 Å². The first kappa shape index (κ1) is 16.4. The van der Waals surface area contributed by atoms with Gasteiger partial charge in [0.25, 0.3) is 5.69 Å². The average Bonchev–Trinajstić information content (AvgIpc) is 2.89. The molecule has 1 saturated carbocycles. The third kappa shape index (κ3) is 3.45. The van der Waals surface area contributed by atoms with E-state index in [0.717, 1.165) is 25.7 Å². The van der Waals surface area contributed by atoms with Gasteiger partial charge in [-0.3, -0.25) is 10.1 Å². The molecule has 5 nitrogen and oxygen atoms in total. The molecule has 0 heterocycles. The van der Waals surface area contributed by atoms with Gasteiger partial charge in [-0.25, -0.2) is 4.39 Å². The van der Waals surface area contributed by atoms with Gasteiger partial charge in [-0.2, -0.15) is 0 Å². The first-order valence-corrected chi connectivity index (χ1v) is 7.98. The Bertz CT molecular complexity index is 545. The molecule has 2 rings (SSSR count). The molecule has 21 heavy (non-hydrogen) atoms. The van der Waals surface area contributed by atoms with E-state index in [1.165, 1.54) is 12.1 Å². The van der Waals surface area contributed by atoms with Crippen molar-refractivity contribution < 1.29 is 9.31 Å². The van der Waals surface area contributed by atoms with Crippen molar-refractivity contribution in [3.63, 3.8) is 0 Å². The molecule has 116 valence electrons. The lowest BCUT2D eigenvalue weighted by molar-refractivity contribution is -0.384. The zero-order chi connectivity index (χ0) is 15.6. The van der Waals surface area contributed by atoms with Gasteiger partial charge in [-0.15, -0.1) is 0 Å². The number of likely N-dealkylation sites (N-methyl/N-ethyl adjacent to an activating group) is 1. The van der Waals surface area contributed by atoms with E-state index >= 15 is 0 Å². The number of nitro groups is 1. The van der Waals surface area contributed by atoms with Crippen LogP contribution in [0.2, 0.25) is 0 Å². The Morgan fingerprint density at radius 3 is 2.57 bits per heavy atom. The molecule has 0 aromatic heterocycles. The van der Waals surface area contributed by atoms with Gasteiger partial charge in [0.1, 0.15) is 11.5 Å². The van der Waals surface area contributed by atoms with Crippen LogP contribution in [0.15, 0.2) is 12.1 Å². The quantitative estimate of drug-likeness (QED) is 0.460. The van der Waals surface area contributed by atoms with Crippen molar-refractivity contribution in [3.05, 3.63) is 31.6 Å². The molecule has 0 radical (unpaired) electrons. The Morgan fingerprint density at radius 2 is 2.05 bits per heavy atom. The van der Waals surface area contributed by atoms with Crippen LogP contribution < -0.4 is 5.32 Å². The monoisotopic (exact) mass is 407 g/mol. The number of nitro benzene ring substituents is 1. The van der Waals surface area contributed by atoms with Crippen LogP contribution in [0.3, 0.4) is 0 Å². The summed E-state index contributed by atoms with van der Waals surface area (Å²) in [6.07, 6.45) is 4.41. The van der Waals surface area contributed by atoms with Crippen molar-refractivity contribution in [3.8, 4) is 0 Å². The van der Waals surface area contributed by atoms with E-state index in [1.54, 1.807) is 22.6 Å². The molecule has 0 aliphatic heterocycles. The van der Waals surface area contributed by atoms with E-state index in [1.807, 2.05) is 14.1 Å². The van der Waals surface area contributed by atoms with Crippen molar-refractivity contribution >= 4 is 34.0 Å². The maximum absolute atomic E-state index is 13.7. The van der Waals surface area contributed by atoms with Gasteiger partial charge in [0.15, 0.2) is 0 Å². The predicted molar refractivity (Wildman–Crippen MR) is 89.1 cm³/mol. The molecule has 1 aliphatic carbocycles. The lowest BCUT2D eigenvalue weighted by Crippen LogP contribution is -2.47. The van der Waals surface area contributed by atoms with Crippen molar-refractivity contribution in [2.75, 3.05) is 26.0 Å². The van der Waals surface area contributed by atoms with E-state index in [2.05, 4.69) is 10.2 Å². The highest BCUT2D eigenvalue weighted by Gasteiger charge is 2.36. The van der Waals surface area contributed by atoms with E-state index < -0.39 is 10.7 Å². The molecule has 0 saturated heterocycles. The standard InChI is InChI=1S/C14H19FIN3O2/c1-18(2)14(5-3-4-6-14)9-17-12-7-10(15)11(16)8-13(12)19(20)21/h7-8,17H,3-6,9H2,1-2H3. The largest absolute Gasteiger partial charge is 0.378 e. The van der Waals surface area contributed by atoms with E-state index in [0.29, 0.717) is 6.54 Å². The molecule has 1 aromatic rings. The van der Waals surface area contributed by atoms with Crippen LogP contribution >= 0.6 is 22.6 Å². The van der Waals surface area contributed by atoms with Crippen LogP contribution in [0.1, 0.15) is 25.7 Å². The lowest BCUT2D eigenvalue weighted by atomic mass is 9.96. The molecule has 0 spiro atoms. The fraction of sp³-hybridized carbons (Fsp3) is 0.571. The maximum Gasteiger partial charge on any atom is 0.293 e. The molecular weight excluding hydrogens is 388 g/mol. The summed E-state index contributed by atoms with van der Waals surface area (Å²) < 4.78 is 14.0. The number of anilines is 1. The second-order valence-electron chi connectivity index (χ2n) is 5.72. The summed E-state index contributed by atoms with van der Waals surface area (Å²) in [4.78, 5) is 12.8. The Kier molecular flexibility index (Phi) is 5.03. The molecule has 0 amide bonds. The van der Waals surface area contributed by atoms with E-state index in [9.17, 15) is 14.5 Å². The molecule has 0 bridgehead atoms. The second-order valence-corrected chi connectivity index (χ2v) is 6.88. The molecule has 1 N–H and O–H groups in total. The topological polar surface area (TPSA) is 58.4 Å². The highest BCUT2D eigenvalue weighted by molar-refractivity contribution is 14.1. The van der Waals surface area contributed by atoms with Crippen LogP contribution in [0.5, 0.6) is 0 Å². The summed E-state index contributed by atoms with van der Waals surface area (Å²) in [5, 5.41) is 14.2. The summed E-state index contributed by atoms with van der Waals surface area (Å²) >= 11 is 1.76. The maximum atomic E-state index is 13.7. The third-order valence-corrected chi connectivity index (χ3v) is 5.15. The molecular formula is C14H19FIN3O2. The number of rotatable bonds is 5. The fourth-order valence-corrected chi connectivity index (χ4v) is 3.35. The molecule has 1 fully saturated rings. The minimum Gasteiger partial charge on any atom is -0.378 e. The molecule has 1 aromatic carbocycles. The van der Waals surface area contributed by atoms with Crippen molar-refractivity contribution in [1.29, 1.82) is 0 Å². The number of halogens is 2. The van der Waals surface area contributed by atoms with Crippen molar-refractivity contribution in [2.24, 2.45) is 0 Å². The predicted octanol–water partition coefficient (Wildman–Crippen LogP) is 3.62. The summed E-state index contributed by atoms with van der Waals surface area (Å²) in [6, 6.07) is 2.49. The van der Waals surface area contributed by atoms with Gasteiger partial charge in [-0.05, 0) is 49.5 Å². The molecule has 1 aliphatic rings.